The van der Waals surface area contributed by atoms with Gasteiger partial charge < -0.3 is 10.5 Å². The summed E-state index contributed by atoms with van der Waals surface area (Å²) in [5.41, 5.74) is 2.53. The van der Waals surface area contributed by atoms with Gasteiger partial charge in [0.25, 0.3) is 0 Å². The largest absolute Gasteiger partial charge is 0.412 e. The topological polar surface area (TPSA) is 47.3 Å². The van der Waals surface area contributed by atoms with Crippen LogP contribution in [0.1, 0.15) is 5.56 Å². The lowest BCUT2D eigenvalue weighted by atomic mass is 10.2. The number of hydrogen-bond acceptors (Lipinski definition) is 0. The van der Waals surface area contributed by atoms with Crippen LogP contribution >= 0.6 is 0 Å². The molecule has 0 atom stereocenters. The van der Waals surface area contributed by atoms with E-state index in [2.05, 4.69) is 36.2 Å². The van der Waals surface area contributed by atoms with Gasteiger partial charge in [0.15, 0.2) is 0 Å². The van der Waals surface area contributed by atoms with E-state index in [4.69, 9.17) is 0 Å². The maximum atomic E-state index is 3.15. The Morgan fingerprint density at radius 3 is 2.82 bits per heavy atom. The first kappa shape index (κ1) is 7.82. The molecule has 0 amide bonds. The molecule has 2 rings (SSSR count). The number of aromatic amines is 1. The maximum absolute atomic E-state index is 3.15. The van der Waals surface area contributed by atoms with Crippen LogP contribution in [-0.2, 0) is 0 Å². The van der Waals surface area contributed by atoms with Crippen LogP contribution in [0, 0.1) is 6.92 Å². The summed E-state index contributed by atoms with van der Waals surface area (Å²) in [5, 5.41) is 1.29. The molecule has 3 N–H and O–H groups in total. The van der Waals surface area contributed by atoms with Crippen molar-refractivity contribution in [1.29, 1.82) is 0 Å². The molecule has 0 radical (unpaired) electrons. The lowest BCUT2D eigenvalue weighted by molar-refractivity contribution is 0.824. The number of rotatable bonds is 0. The molecule has 0 aliphatic rings. The first-order valence-electron chi connectivity index (χ1n) is 3.40. The fraction of sp³-hybridized carbons (Fsp3) is 0.111. The molecule has 0 saturated carbocycles. The SMILES string of the molecule is Cc1ccc2[nH]ccc2c1.O. The van der Waals surface area contributed by atoms with Gasteiger partial charge in [-0.3, -0.25) is 0 Å². The molecule has 0 fully saturated rings. The number of benzene rings is 1. The minimum Gasteiger partial charge on any atom is -0.412 e. The molecule has 2 aromatic rings. The summed E-state index contributed by atoms with van der Waals surface area (Å²) in [7, 11) is 0. The number of H-pyrrole nitrogens is 1. The molecule has 2 nitrogen and oxygen atoms in total. The average molecular weight is 149 g/mol. The molecule has 0 unspecified atom stereocenters. The summed E-state index contributed by atoms with van der Waals surface area (Å²) in [5.74, 6) is 0. The monoisotopic (exact) mass is 149 g/mol. The van der Waals surface area contributed by atoms with E-state index in [0.717, 1.165) is 0 Å². The van der Waals surface area contributed by atoms with E-state index < -0.39 is 0 Å². The van der Waals surface area contributed by atoms with Gasteiger partial charge >= 0.3 is 0 Å². The first-order valence-corrected chi connectivity index (χ1v) is 3.40. The van der Waals surface area contributed by atoms with Crippen LogP contribution < -0.4 is 0 Å². The summed E-state index contributed by atoms with van der Waals surface area (Å²) in [6.45, 7) is 2.10. The van der Waals surface area contributed by atoms with E-state index in [0.29, 0.717) is 0 Å². The molecular formula is C9H11NO. The van der Waals surface area contributed by atoms with Gasteiger partial charge in [0.2, 0.25) is 0 Å². The third-order valence-corrected chi connectivity index (χ3v) is 1.71. The summed E-state index contributed by atoms with van der Waals surface area (Å²) < 4.78 is 0. The Kier molecular flexibility index (Phi) is 1.96. The Morgan fingerprint density at radius 1 is 1.18 bits per heavy atom. The quantitative estimate of drug-likeness (QED) is 0.592. The van der Waals surface area contributed by atoms with E-state index in [1.165, 1.54) is 16.5 Å². The van der Waals surface area contributed by atoms with Crippen LogP contribution in [0.4, 0.5) is 0 Å². The van der Waals surface area contributed by atoms with Gasteiger partial charge in [-0.2, -0.15) is 0 Å². The first-order chi connectivity index (χ1) is 4.86. The zero-order valence-electron chi connectivity index (χ0n) is 6.39. The third-order valence-electron chi connectivity index (χ3n) is 1.71. The number of nitrogens with one attached hydrogen (secondary N) is 1. The lowest BCUT2D eigenvalue weighted by Gasteiger charge is -1.90. The zero-order valence-corrected chi connectivity index (χ0v) is 6.39. The number of aryl methyl sites for hydroxylation is 1. The van der Waals surface area contributed by atoms with E-state index in [9.17, 15) is 0 Å². The van der Waals surface area contributed by atoms with Gasteiger partial charge in [-0.25, -0.2) is 0 Å². The number of aromatic nitrogens is 1. The van der Waals surface area contributed by atoms with Crippen LogP contribution in [0.5, 0.6) is 0 Å². The molecule has 11 heavy (non-hydrogen) atoms. The van der Waals surface area contributed by atoms with Crippen molar-refractivity contribution in [2.45, 2.75) is 6.92 Å². The predicted molar refractivity (Wildman–Crippen MR) is 46.6 cm³/mol. The van der Waals surface area contributed by atoms with Crippen molar-refractivity contribution in [2.75, 3.05) is 0 Å². The average Bonchev–Trinajstić information content (AvgIpc) is 2.33. The van der Waals surface area contributed by atoms with E-state index in [-0.39, 0.29) is 5.48 Å². The second kappa shape index (κ2) is 2.76. The van der Waals surface area contributed by atoms with Crippen molar-refractivity contribution >= 4 is 10.9 Å². The molecule has 2 heteroatoms. The molecule has 1 heterocycles. The minimum absolute atomic E-state index is 0. The maximum Gasteiger partial charge on any atom is 0.0454 e. The Morgan fingerprint density at radius 2 is 2.00 bits per heavy atom. The molecule has 0 spiro atoms. The Hall–Kier alpha value is -1.28. The smallest absolute Gasteiger partial charge is 0.0454 e. The van der Waals surface area contributed by atoms with Gasteiger partial charge in [0.05, 0.1) is 0 Å². The summed E-state index contributed by atoms with van der Waals surface area (Å²) in [4.78, 5) is 3.15. The van der Waals surface area contributed by atoms with E-state index in [1.807, 2.05) is 6.20 Å². The van der Waals surface area contributed by atoms with Crippen molar-refractivity contribution in [2.24, 2.45) is 0 Å². The Bertz CT molecular complexity index is 351. The van der Waals surface area contributed by atoms with Crippen LogP contribution in [0.15, 0.2) is 30.5 Å². The molecule has 58 valence electrons. The highest BCUT2D eigenvalue weighted by Gasteiger charge is 1.90. The molecule has 0 saturated heterocycles. The minimum atomic E-state index is 0. The standard InChI is InChI=1S/C9H9N.H2O/c1-7-2-3-9-8(6-7)4-5-10-9;/h2-6,10H,1H3;1H2. The molecule has 1 aromatic heterocycles. The lowest BCUT2D eigenvalue weighted by Crippen LogP contribution is -1.69. The van der Waals surface area contributed by atoms with Gasteiger partial charge in [-0.05, 0) is 30.5 Å². The van der Waals surface area contributed by atoms with Crippen molar-refractivity contribution in [3.05, 3.63) is 36.0 Å². The molecule has 0 aliphatic heterocycles. The Balaban J connectivity index is 0.000000605. The highest BCUT2D eigenvalue weighted by atomic mass is 16.0. The molecular weight excluding hydrogens is 138 g/mol. The fourth-order valence-electron chi connectivity index (χ4n) is 1.17. The van der Waals surface area contributed by atoms with Gasteiger partial charge in [0.1, 0.15) is 0 Å². The van der Waals surface area contributed by atoms with Crippen LogP contribution in [-0.4, -0.2) is 10.5 Å². The van der Waals surface area contributed by atoms with E-state index >= 15 is 0 Å². The van der Waals surface area contributed by atoms with Crippen LogP contribution in [0.3, 0.4) is 0 Å². The van der Waals surface area contributed by atoms with Crippen molar-refractivity contribution in [3.8, 4) is 0 Å². The summed E-state index contributed by atoms with van der Waals surface area (Å²) in [6, 6.07) is 8.47. The number of fused-ring (bicyclic) bond motifs is 1. The van der Waals surface area contributed by atoms with Crippen LogP contribution in [0.25, 0.3) is 10.9 Å². The second-order valence-electron chi connectivity index (χ2n) is 2.57. The third kappa shape index (κ3) is 1.25. The Labute approximate surface area is 65.2 Å². The van der Waals surface area contributed by atoms with Gasteiger partial charge in [0, 0.05) is 11.7 Å². The number of hydrogen-bond donors (Lipinski definition) is 1. The van der Waals surface area contributed by atoms with Crippen LogP contribution in [0.2, 0.25) is 0 Å². The van der Waals surface area contributed by atoms with Crippen molar-refractivity contribution < 1.29 is 5.48 Å². The zero-order chi connectivity index (χ0) is 6.97. The summed E-state index contributed by atoms with van der Waals surface area (Å²) >= 11 is 0. The molecule has 0 bridgehead atoms. The molecule has 0 aliphatic carbocycles. The van der Waals surface area contributed by atoms with E-state index in [1.54, 1.807) is 0 Å². The van der Waals surface area contributed by atoms with Gasteiger partial charge in [-0.15, -0.1) is 0 Å². The fourth-order valence-corrected chi connectivity index (χ4v) is 1.17. The van der Waals surface area contributed by atoms with Crippen molar-refractivity contribution in [3.63, 3.8) is 0 Å². The molecule has 1 aromatic carbocycles. The predicted octanol–water partition coefficient (Wildman–Crippen LogP) is 1.65. The highest BCUT2D eigenvalue weighted by molar-refractivity contribution is 5.79. The second-order valence-corrected chi connectivity index (χ2v) is 2.57. The highest BCUT2D eigenvalue weighted by Crippen LogP contribution is 2.12. The summed E-state index contributed by atoms with van der Waals surface area (Å²) in [6.07, 6.45) is 1.96. The normalized spacial score (nSPS) is 9.55. The van der Waals surface area contributed by atoms with Crippen molar-refractivity contribution in [1.82, 2.24) is 4.98 Å². The van der Waals surface area contributed by atoms with Gasteiger partial charge in [-0.1, -0.05) is 11.6 Å².